The summed E-state index contributed by atoms with van der Waals surface area (Å²) in [6.45, 7) is 5.00. The standard InChI is InChI=1S/C21H25N3O5S/c1-3-11-24(12-4-2)30(26,27)18-8-6-17(7-9-18)21(25)23-22-14-16-5-10-19-20(13-16)29-15-28-19/h5-10,13-14H,3-4,11-12,15H2,1-2H3,(H,23,25). The first-order valence-electron chi connectivity index (χ1n) is 9.79. The number of ether oxygens (including phenoxy) is 2. The van der Waals surface area contributed by atoms with Gasteiger partial charge < -0.3 is 9.47 Å². The second-order valence-electron chi connectivity index (χ2n) is 6.74. The summed E-state index contributed by atoms with van der Waals surface area (Å²) in [6.07, 6.45) is 2.97. The fraction of sp³-hybridized carbons (Fsp3) is 0.333. The molecule has 0 unspecified atom stereocenters. The van der Waals surface area contributed by atoms with Crippen LogP contribution in [0.2, 0.25) is 0 Å². The lowest BCUT2D eigenvalue weighted by molar-refractivity contribution is 0.0955. The molecule has 1 heterocycles. The van der Waals surface area contributed by atoms with Gasteiger partial charge in [0.15, 0.2) is 11.5 Å². The van der Waals surface area contributed by atoms with Crippen molar-refractivity contribution in [3.8, 4) is 11.5 Å². The Balaban J connectivity index is 1.64. The second kappa shape index (κ2) is 9.73. The van der Waals surface area contributed by atoms with E-state index in [9.17, 15) is 13.2 Å². The predicted octanol–water partition coefficient (Wildman–Crippen LogP) is 2.99. The molecule has 2 aromatic rings. The fourth-order valence-electron chi connectivity index (χ4n) is 3.00. The lowest BCUT2D eigenvalue weighted by atomic mass is 10.2. The van der Waals surface area contributed by atoms with Gasteiger partial charge in [0.05, 0.1) is 11.1 Å². The molecule has 1 N–H and O–H groups in total. The summed E-state index contributed by atoms with van der Waals surface area (Å²) in [7, 11) is -3.58. The van der Waals surface area contributed by atoms with Gasteiger partial charge >= 0.3 is 0 Å². The van der Waals surface area contributed by atoms with Crippen LogP contribution in [0.25, 0.3) is 0 Å². The molecule has 2 aromatic carbocycles. The van der Waals surface area contributed by atoms with Crippen molar-refractivity contribution in [3.63, 3.8) is 0 Å². The van der Waals surface area contributed by atoms with E-state index in [1.54, 1.807) is 18.2 Å². The summed E-state index contributed by atoms with van der Waals surface area (Å²) in [5, 5.41) is 3.94. The zero-order valence-electron chi connectivity index (χ0n) is 17.0. The Labute approximate surface area is 176 Å². The van der Waals surface area contributed by atoms with Crippen LogP contribution >= 0.6 is 0 Å². The van der Waals surface area contributed by atoms with Crippen LogP contribution in [0.5, 0.6) is 11.5 Å². The molecule has 1 amide bonds. The Hall–Kier alpha value is -2.91. The maximum Gasteiger partial charge on any atom is 0.271 e. The Morgan fingerprint density at radius 2 is 1.73 bits per heavy atom. The smallest absolute Gasteiger partial charge is 0.271 e. The van der Waals surface area contributed by atoms with Gasteiger partial charge in [-0.2, -0.15) is 9.41 Å². The number of carbonyl (C=O) groups excluding carboxylic acids is 1. The van der Waals surface area contributed by atoms with E-state index in [2.05, 4.69) is 10.5 Å². The number of hydrogen-bond acceptors (Lipinski definition) is 6. The van der Waals surface area contributed by atoms with Gasteiger partial charge in [0.25, 0.3) is 5.91 Å². The summed E-state index contributed by atoms with van der Waals surface area (Å²) >= 11 is 0. The van der Waals surface area contributed by atoms with Crippen LogP contribution in [-0.4, -0.2) is 44.7 Å². The van der Waals surface area contributed by atoms with Crippen LogP contribution in [0, 0.1) is 0 Å². The number of sulfonamides is 1. The summed E-state index contributed by atoms with van der Waals surface area (Å²) in [4.78, 5) is 12.5. The topological polar surface area (TPSA) is 97.3 Å². The third kappa shape index (κ3) is 4.98. The SMILES string of the molecule is CCCN(CCC)S(=O)(=O)c1ccc(C(=O)NN=Cc2ccc3c(c2)OCO3)cc1. The van der Waals surface area contributed by atoms with Gasteiger partial charge in [0, 0.05) is 18.7 Å². The maximum atomic E-state index is 12.8. The van der Waals surface area contributed by atoms with Crippen LogP contribution in [0.15, 0.2) is 52.5 Å². The highest BCUT2D eigenvalue weighted by atomic mass is 32.2. The van der Waals surface area contributed by atoms with Crippen LogP contribution in [0.4, 0.5) is 0 Å². The Bertz CT molecular complexity index is 1010. The largest absolute Gasteiger partial charge is 0.454 e. The van der Waals surface area contributed by atoms with Crippen molar-refractivity contribution < 1.29 is 22.7 Å². The molecule has 0 bridgehead atoms. The van der Waals surface area contributed by atoms with Crippen LogP contribution in [0.1, 0.15) is 42.6 Å². The van der Waals surface area contributed by atoms with Crippen molar-refractivity contribution in [2.45, 2.75) is 31.6 Å². The number of amides is 1. The maximum absolute atomic E-state index is 12.8. The van der Waals surface area contributed by atoms with E-state index in [4.69, 9.17) is 9.47 Å². The number of rotatable bonds is 9. The zero-order chi connectivity index (χ0) is 21.6. The molecule has 8 nitrogen and oxygen atoms in total. The van der Waals surface area contributed by atoms with E-state index in [1.165, 1.54) is 34.8 Å². The van der Waals surface area contributed by atoms with Gasteiger partial charge in [0.1, 0.15) is 0 Å². The van der Waals surface area contributed by atoms with Crippen molar-refractivity contribution in [2.75, 3.05) is 19.9 Å². The highest BCUT2D eigenvalue weighted by molar-refractivity contribution is 7.89. The van der Waals surface area contributed by atoms with Crippen molar-refractivity contribution in [2.24, 2.45) is 5.10 Å². The Morgan fingerprint density at radius 3 is 2.40 bits per heavy atom. The highest BCUT2D eigenvalue weighted by Crippen LogP contribution is 2.31. The van der Waals surface area contributed by atoms with Crippen molar-refractivity contribution in [1.29, 1.82) is 0 Å². The number of nitrogens with zero attached hydrogens (tertiary/aromatic N) is 2. The van der Waals surface area contributed by atoms with Gasteiger partial charge in [-0.25, -0.2) is 13.8 Å². The molecular formula is C21H25N3O5S. The minimum Gasteiger partial charge on any atom is -0.454 e. The second-order valence-corrected chi connectivity index (χ2v) is 8.68. The molecule has 0 fully saturated rings. The first-order chi connectivity index (χ1) is 14.5. The van der Waals surface area contributed by atoms with E-state index in [0.29, 0.717) is 30.2 Å². The van der Waals surface area contributed by atoms with E-state index in [1.807, 2.05) is 13.8 Å². The average molecular weight is 432 g/mol. The zero-order valence-corrected chi connectivity index (χ0v) is 17.8. The lowest BCUT2D eigenvalue weighted by Crippen LogP contribution is -2.32. The van der Waals surface area contributed by atoms with Gasteiger partial charge in [-0.1, -0.05) is 13.8 Å². The number of hydrogen-bond donors (Lipinski definition) is 1. The normalized spacial score (nSPS) is 13.2. The third-order valence-corrected chi connectivity index (χ3v) is 6.39. The first-order valence-corrected chi connectivity index (χ1v) is 11.2. The molecule has 160 valence electrons. The van der Waals surface area contributed by atoms with E-state index in [0.717, 1.165) is 18.4 Å². The number of hydrazone groups is 1. The molecule has 9 heteroatoms. The number of benzene rings is 2. The molecule has 0 atom stereocenters. The molecule has 0 saturated carbocycles. The molecule has 1 aliphatic heterocycles. The van der Waals surface area contributed by atoms with Crippen LogP contribution in [0.3, 0.4) is 0 Å². The number of nitrogens with one attached hydrogen (secondary N) is 1. The predicted molar refractivity (Wildman–Crippen MR) is 113 cm³/mol. The minimum absolute atomic E-state index is 0.171. The number of carbonyl (C=O) groups is 1. The van der Waals surface area contributed by atoms with Crippen molar-refractivity contribution in [3.05, 3.63) is 53.6 Å². The Kier molecular flexibility index (Phi) is 7.07. The van der Waals surface area contributed by atoms with Crippen molar-refractivity contribution >= 4 is 22.1 Å². The third-order valence-electron chi connectivity index (χ3n) is 4.48. The van der Waals surface area contributed by atoms with Gasteiger partial charge in [-0.05, 0) is 60.9 Å². The van der Waals surface area contributed by atoms with Gasteiger partial charge in [0.2, 0.25) is 16.8 Å². The quantitative estimate of drug-likeness (QED) is 0.486. The highest BCUT2D eigenvalue weighted by Gasteiger charge is 2.23. The summed E-state index contributed by atoms with van der Waals surface area (Å²) in [5.74, 6) is 0.861. The number of fused-ring (bicyclic) bond motifs is 1. The molecule has 30 heavy (non-hydrogen) atoms. The summed E-state index contributed by atoms with van der Waals surface area (Å²) in [6, 6.07) is 11.2. The van der Waals surface area contributed by atoms with E-state index in [-0.39, 0.29) is 11.7 Å². The minimum atomic E-state index is -3.58. The molecule has 3 rings (SSSR count). The first kappa shape index (κ1) is 21.8. The Morgan fingerprint density at radius 1 is 1.07 bits per heavy atom. The molecule has 1 aliphatic rings. The molecule has 0 saturated heterocycles. The van der Waals surface area contributed by atoms with E-state index < -0.39 is 15.9 Å². The molecule has 0 radical (unpaired) electrons. The lowest BCUT2D eigenvalue weighted by Gasteiger charge is -2.21. The van der Waals surface area contributed by atoms with Gasteiger partial charge in [-0.15, -0.1) is 0 Å². The molecule has 0 aromatic heterocycles. The fourth-order valence-corrected chi connectivity index (χ4v) is 4.63. The molecular weight excluding hydrogens is 406 g/mol. The molecule has 0 spiro atoms. The monoisotopic (exact) mass is 431 g/mol. The summed E-state index contributed by atoms with van der Waals surface area (Å²) < 4.78 is 37.6. The summed E-state index contributed by atoms with van der Waals surface area (Å²) in [5.41, 5.74) is 3.49. The average Bonchev–Trinajstić information content (AvgIpc) is 3.21. The van der Waals surface area contributed by atoms with E-state index >= 15 is 0 Å². The van der Waals surface area contributed by atoms with Crippen LogP contribution in [-0.2, 0) is 10.0 Å². The molecule has 0 aliphatic carbocycles. The van der Waals surface area contributed by atoms with Crippen molar-refractivity contribution in [1.82, 2.24) is 9.73 Å². The van der Waals surface area contributed by atoms with Gasteiger partial charge in [-0.3, -0.25) is 4.79 Å². The van der Waals surface area contributed by atoms with Crippen LogP contribution < -0.4 is 14.9 Å².